The lowest BCUT2D eigenvalue weighted by atomic mass is 9.87. The zero-order chi connectivity index (χ0) is 14.3. The summed E-state index contributed by atoms with van der Waals surface area (Å²) in [5.74, 6) is 2.54. The number of benzene rings is 1. The Morgan fingerprint density at radius 3 is 2.45 bits per heavy atom. The molecule has 0 saturated carbocycles. The summed E-state index contributed by atoms with van der Waals surface area (Å²) in [5, 5.41) is 4.67. The van der Waals surface area contributed by atoms with Crippen LogP contribution in [0.15, 0.2) is 24.3 Å². The Hall–Kier alpha value is -1.64. The van der Waals surface area contributed by atoms with E-state index in [-0.39, 0.29) is 5.41 Å². The van der Waals surface area contributed by atoms with Crippen LogP contribution in [-0.4, -0.2) is 14.8 Å². The summed E-state index contributed by atoms with van der Waals surface area (Å²) in [4.78, 5) is 4.75. The van der Waals surface area contributed by atoms with E-state index in [0.717, 1.165) is 23.8 Å². The zero-order valence-electron chi connectivity index (χ0n) is 12.8. The molecule has 0 N–H and O–H groups in total. The number of nitrogens with zero attached hydrogens (tertiary/aromatic N) is 3. The first-order valence-corrected chi connectivity index (χ1v) is 7.51. The van der Waals surface area contributed by atoms with Crippen molar-refractivity contribution in [1.29, 1.82) is 0 Å². The minimum atomic E-state index is 0.188. The summed E-state index contributed by atoms with van der Waals surface area (Å²) < 4.78 is 2.08. The summed E-state index contributed by atoms with van der Waals surface area (Å²) in [5.41, 5.74) is 2.65. The van der Waals surface area contributed by atoms with E-state index in [1.165, 1.54) is 18.4 Å². The lowest BCUT2D eigenvalue weighted by Crippen LogP contribution is -2.14. The monoisotopic (exact) mass is 269 g/mol. The van der Waals surface area contributed by atoms with Crippen LogP contribution < -0.4 is 0 Å². The molecule has 3 nitrogen and oxygen atoms in total. The lowest BCUT2D eigenvalue weighted by molar-refractivity contribution is 0.432. The Balaban J connectivity index is 1.94. The Kier molecular flexibility index (Phi) is 3.15. The van der Waals surface area contributed by atoms with Gasteiger partial charge in [-0.2, -0.15) is 5.10 Å². The fourth-order valence-electron chi connectivity index (χ4n) is 2.80. The number of aromatic nitrogens is 3. The van der Waals surface area contributed by atoms with Crippen LogP contribution in [0.1, 0.15) is 57.8 Å². The molecule has 2 aromatic rings. The molecule has 3 heteroatoms. The molecular formula is C17H23N3. The second-order valence-electron chi connectivity index (χ2n) is 6.89. The topological polar surface area (TPSA) is 30.7 Å². The van der Waals surface area contributed by atoms with Crippen molar-refractivity contribution < 1.29 is 0 Å². The van der Waals surface area contributed by atoms with Gasteiger partial charge in [-0.05, 0) is 23.8 Å². The van der Waals surface area contributed by atoms with Gasteiger partial charge in [0.15, 0.2) is 5.82 Å². The van der Waals surface area contributed by atoms with Crippen molar-refractivity contribution in [2.45, 2.75) is 58.4 Å². The number of hydrogen-bond acceptors (Lipinski definition) is 2. The van der Waals surface area contributed by atoms with Gasteiger partial charge in [0.25, 0.3) is 0 Å². The largest absolute Gasteiger partial charge is 0.249 e. The smallest absolute Gasteiger partial charge is 0.181 e. The summed E-state index contributed by atoms with van der Waals surface area (Å²) >= 11 is 0. The predicted octanol–water partition coefficient (Wildman–Crippen LogP) is 4.14. The van der Waals surface area contributed by atoms with Crippen molar-refractivity contribution in [3.8, 4) is 11.4 Å². The second-order valence-corrected chi connectivity index (χ2v) is 6.89. The molecule has 3 rings (SSSR count). The molecule has 1 aliphatic heterocycles. The van der Waals surface area contributed by atoms with Crippen molar-refractivity contribution in [3.05, 3.63) is 35.7 Å². The number of fused-ring (bicyclic) bond motifs is 1. The fourth-order valence-corrected chi connectivity index (χ4v) is 2.80. The zero-order valence-corrected chi connectivity index (χ0v) is 12.8. The van der Waals surface area contributed by atoms with Crippen LogP contribution in [-0.2, 0) is 12.0 Å². The number of rotatable bonds is 1. The van der Waals surface area contributed by atoms with Crippen molar-refractivity contribution >= 4 is 0 Å². The molecule has 0 aliphatic carbocycles. The van der Waals surface area contributed by atoms with Crippen LogP contribution in [0.5, 0.6) is 0 Å². The Bertz CT molecular complexity index is 602. The van der Waals surface area contributed by atoms with Crippen molar-refractivity contribution in [2.75, 3.05) is 0 Å². The van der Waals surface area contributed by atoms with Gasteiger partial charge in [-0.15, -0.1) is 0 Å². The van der Waals surface area contributed by atoms with Gasteiger partial charge in [-0.1, -0.05) is 52.0 Å². The molecule has 1 atom stereocenters. The molecule has 0 bridgehead atoms. The SMILES string of the molecule is CC1CCCn2nc(-c3ccc(C(C)(C)C)cc3)nc21. The standard InChI is InChI=1S/C17H23N3/c1-12-6-5-11-20-16(12)18-15(19-20)13-7-9-14(10-8-13)17(2,3)4/h7-10,12H,5-6,11H2,1-4H3. The second kappa shape index (κ2) is 4.72. The van der Waals surface area contributed by atoms with Gasteiger partial charge >= 0.3 is 0 Å². The molecule has 0 radical (unpaired) electrons. The fraction of sp³-hybridized carbons (Fsp3) is 0.529. The quantitative estimate of drug-likeness (QED) is 0.779. The van der Waals surface area contributed by atoms with Gasteiger partial charge in [0, 0.05) is 18.0 Å². The first kappa shape index (κ1) is 13.3. The highest BCUT2D eigenvalue weighted by Crippen LogP contribution is 2.28. The van der Waals surface area contributed by atoms with E-state index < -0.39 is 0 Å². The van der Waals surface area contributed by atoms with Crippen LogP contribution in [0.4, 0.5) is 0 Å². The maximum absolute atomic E-state index is 4.75. The number of aryl methyl sites for hydroxylation is 1. The molecule has 0 spiro atoms. The third-order valence-electron chi connectivity index (χ3n) is 4.16. The average Bonchev–Trinajstić information content (AvgIpc) is 2.83. The normalized spacial score (nSPS) is 18.9. The Morgan fingerprint density at radius 1 is 1.15 bits per heavy atom. The van der Waals surface area contributed by atoms with E-state index in [1.54, 1.807) is 0 Å². The van der Waals surface area contributed by atoms with Crippen molar-refractivity contribution in [3.63, 3.8) is 0 Å². The third kappa shape index (κ3) is 2.37. The van der Waals surface area contributed by atoms with E-state index in [1.807, 2.05) is 0 Å². The van der Waals surface area contributed by atoms with Crippen LogP contribution in [0.25, 0.3) is 11.4 Å². The van der Waals surface area contributed by atoms with Gasteiger partial charge in [0.2, 0.25) is 0 Å². The molecular weight excluding hydrogens is 246 g/mol. The van der Waals surface area contributed by atoms with Crippen molar-refractivity contribution in [1.82, 2.24) is 14.8 Å². The maximum Gasteiger partial charge on any atom is 0.181 e. The van der Waals surface area contributed by atoms with E-state index in [4.69, 9.17) is 4.98 Å². The molecule has 1 unspecified atom stereocenters. The molecule has 1 aliphatic rings. The first-order chi connectivity index (χ1) is 9.45. The summed E-state index contributed by atoms with van der Waals surface area (Å²) in [6.07, 6.45) is 2.43. The van der Waals surface area contributed by atoms with Gasteiger partial charge < -0.3 is 0 Å². The average molecular weight is 269 g/mol. The highest BCUT2D eigenvalue weighted by molar-refractivity contribution is 5.55. The molecule has 2 heterocycles. The molecule has 20 heavy (non-hydrogen) atoms. The minimum Gasteiger partial charge on any atom is -0.249 e. The van der Waals surface area contributed by atoms with E-state index >= 15 is 0 Å². The molecule has 1 aromatic carbocycles. The highest BCUT2D eigenvalue weighted by atomic mass is 15.4. The van der Waals surface area contributed by atoms with Crippen molar-refractivity contribution in [2.24, 2.45) is 0 Å². The molecule has 106 valence electrons. The van der Waals surface area contributed by atoms with Gasteiger partial charge in [-0.25, -0.2) is 9.67 Å². The summed E-state index contributed by atoms with van der Waals surface area (Å²) in [6, 6.07) is 8.68. The molecule has 0 fully saturated rings. The highest BCUT2D eigenvalue weighted by Gasteiger charge is 2.21. The van der Waals surface area contributed by atoms with E-state index in [9.17, 15) is 0 Å². The first-order valence-electron chi connectivity index (χ1n) is 7.51. The van der Waals surface area contributed by atoms with Crippen LogP contribution >= 0.6 is 0 Å². The third-order valence-corrected chi connectivity index (χ3v) is 4.16. The molecule has 0 saturated heterocycles. The Morgan fingerprint density at radius 2 is 1.85 bits per heavy atom. The van der Waals surface area contributed by atoms with E-state index in [0.29, 0.717) is 5.92 Å². The minimum absolute atomic E-state index is 0.188. The molecule has 0 amide bonds. The summed E-state index contributed by atoms with van der Waals surface area (Å²) in [6.45, 7) is 9.95. The predicted molar refractivity (Wildman–Crippen MR) is 81.8 cm³/mol. The van der Waals surface area contributed by atoms with Gasteiger partial charge in [0.1, 0.15) is 5.82 Å². The van der Waals surface area contributed by atoms with E-state index in [2.05, 4.69) is 61.7 Å². The van der Waals surface area contributed by atoms with Crippen LogP contribution in [0.2, 0.25) is 0 Å². The Labute approximate surface area is 121 Å². The molecule has 1 aromatic heterocycles. The van der Waals surface area contributed by atoms with Gasteiger partial charge in [-0.3, -0.25) is 0 Å². The maximum atomic E-state index is 4.75. The van der Waals surface area contributed by atoms with Crippen LogP contribution in [0.3, 0.4) is 0 Å². The summed E-state index contributed by atoms with van der Waals surface area (Å²) in [7, 11) is 0. The van der Waals surface area contributed by atoms with Crippen LogP contribution in [0, 0.1) is 0 Å². The number of hydrogen-bond donors (Lipinski definition) is 0. The lowest BCUT2D eigenvalue weighted by Gasteiger charge is -2.18. The van der Waals surface area contributed by atoms with Gasteiger partial charge in [0.05, 0.1) is 0 Å².